The number of nitrogens with zero attached hydrogens (tertiary/aromatic N) is 1. The molecule has 0 bridgehead atoms. The zero-order valence-electron chi connectivity index (χ0n) is 25.0. The first kappa shape index (κ1) is 32.3. The summed E-state index contributed by atoms with van der Waals surface area (Å²) in [6.07, 6.45) is 6.26. The van der Waals surface area contributed by atoms with Gasteiger partial charge in [0.25, 0.3) is 11.8 Å². The van der Waals surface area contributed by atoms with E-state index in [2.05, 4.69) is 25.8 Å². The van der Waals surface area contributed by atoms with Crippen LogP contribution in [0.2, 0.25) is 0 Å². The highest BCUT2D eigenvalue weighted by molar-refractivity contribution is 6.36. The topological polar surface area (TPSA) is 127 Å². The van der Waals surface area contributed by atoms with E-state index >= 15 is 0 Å². The summed E-state index contributed by atoms with van der Waals surface area (Å²) in [5, 5.41) is 16.2. The van der Waals surface area contributed by atoms with Crippen molar-refractivity contribution in [3.8, 4) is 11.1 Å². The van der Waals surface area contributed by atoms with Crippen molar-refractivity contribution in [1.82, 2.24) is 20.5 Å². The highest BCUT2D eigenvalue weighted by atomic mass is 16.2. The van der Waals surface area contributed by atoms with Crippen molar-refractivity contribution in [1.29, 1.82) is 0 Å². The number of carbonyl (C=O) groups is 3. The fourth-order valence-electron chi connectivity index (χ4n) is 4.90. The Morgan fingerprint density at radius 2 is 1.76 bits per heavy atom. The van der Waals surface area contributed by atoms with Crippen LogP contribution in [0.5, 0.6) is 0 Å². The molecule has 2 aromatic carbocycles. The number of aromatic amines is 1. The highest BCUT2D eigenvalue weighted by Gasteiger charge is 2.27. The van der Waals surface area contributed by atoms with Crippen molar-refractivity contribution in [3.05, 3.63) is 77.1 Å². The number of likely N-dealkylation sites (tertiary alicyclic amines) is 1. The van der Waals surface area contributed by atoms with Crippen LogP contribution in [0.25, 0.3) is 22.8 Å². The Labute approximate surface area is 248 Å². The summed E-state index contributed by atoms with van der Waals surface area (Å²) in [6.45, 7) is 11.8. The predicted octanol–water partition coefficient (Wildman–Crippen LogP) is 4.45. The third-order valence-electron chi connectivity index (χ3n) is 6.89. The van der Waals surface area contributed by atoms with Gasteiger partial charge < -0.3 is 30.9 Å². The molecule has 0 spiro atoms. The van der Waals surface area contributed by atoms with Gasteiger partial charge in [-0.05, 0) is 93.7 Å². The van der Waals surface area contributed by atoms with Crippen LogP contribution in [-0.2, 0) is 9.59 Å². The summed E-state index contributed by atoms with van der Waals surface area (Å²) < 4.78 is 0. The van der Waals surface area contributed by atoms with E-state index in [1.54, 1.807) is 6.92 Å². The average molecular weight is 574 g/mol. The summed E-state index contributed by atoms with van der Waals surface area (Å²) in [4.78, 5) is 41.1. The summed E-state index contributed by atoms with van der Waals surface area (Å²) in [5.74, 6) is -0.157. The molecule has 0 unspecified atom stereocenters. The molecule has 1 fully saturated rings. The molecule has 0 aliphatic carbocycles. The van der Waals surface area contributed by atoms with Gasteiger partial charge in [0.05, 0.1) is 5.57 Å². The third-order valence-corrected chi connectivity index (χ3v) is 6.89. The average Bonchev–Trinajstić information content (AvgIpc) is 3.71. The monoisotopic (exact) mass is 573 g/mol. The fraction of sp³-hybridized carbons (Fsp3) is 0.364. The molecule has 5 N–H and O–H groups in total. The standard InChI is InChI=1S/C27H28N4O2.C4H9NO.C2H6O/c1-18-10-11-28-24(18)17-22-25-21(8-5-9-23(25)30-27(22)33)19-6-4-7-20(16-19)26(32)29-12-15-31-13-2-3-14-31;1-3-5-4(2)6;1-2-3/h4-11,16-17,28H,2-3,12-15H2,1H3,(H,29,32)(H,30,33);3H2,1-2H3,(H,5,6);3H,2H2,1H3/b22-17-;;. The lowest BCUT2D eigenvalue weighted by Gasteiger charge is -2.15. The lowest BCUT2D eigenvalue weighted by Crippen LogP contribution is -2.33. The number of anilines is 1. The van der Waals surface area contributed by atoms with Crippen LogP contribution in [0.4, 0.5) is 5.69 Å². The second-order valence-electron chi connectivity index (χ2n) is 10.1. The van der Waals surface area contributed by atoms with Crippen LogP contribution >= 0.6 is 0 Å². The SMILES string of the molecule is CCNC(C)=O.CCO.Cc1cc[nH]c1/C=C1\C(=O)Nc2cccc(-c3cccc(C(=O)NCCN4CCCC4)c3)c21. The van der Waals surface area contributed by atoms with Gasteiger partial charge in [-0.25, -0.2) is 0 Å². The van der Waals surface area contributed by atoms with Gasteiger partial charge in [0, 0.05) is 61.9 Å². The number of rotatable bonds is 7. The molecule has 9 nitrogen and oxygen atoms in total. The number of nitrogens with one attached hydrogen (secondary N) is 4. The molecule has 2 aliphatic heterocycles. The molecule has 0 radical (unpaired) electrons. The van der Waals surface area contributed by atoms with Gasteiger partial charge in [0.2, 0.25) is 5.91 Å². The zero-order chi connectivity index (χ0) is 30.5. The normalized spacial score (nSPS) is 14.7. The number of hydrogen-bond donors (Lipinski definition) is 5. The number of benzene rings is 2. The highest BCUT2D eigenvalue weighted by Crippen LogP contribution is 2.40. The van der Waals surface area contributed by atoms with Crippen molar-refractivity contribution < 1.29 is 19.5 Å². The Hall–Kier alpha value is -4.21. The van der Waals surface area contributed by atoms with E-state index in [1.807, 2.05) is 74.7 Å². The molecule has 1 aromatic heterocycles. The maximum absolute atomic E-state index is 12.8. The largest absolute Gasteiger partial charge is 0.397 e. The Morgan fingerprint density at radius 1 is 1.05 bits per heavy atom. The van der Waals surface area contributed by atoms with Gasteiger partial charge in [-0.15, -0.1) is 0 Å². The van der Waals surface area contributed by atoms with E-state index < -0.39 is 0 Å². The number of aromatic nitrogens is 1. The van der Waals surface area contributed by atoms with Crippen molar-refractivity contribution in [2.75, 3.05) is 44.6 Å². The van der Waals surface area contributed by atoms with Crippen molar-refractivity contribution in [3.63, 3.8) is 0 Å². The minimum atomic E-state index is -0.123. The molecule has 3 aromatic rings. The molecule has 0 saturated carbocycles. The lowest BCUT2D eigenvalue weighted by molar-refractivity contribution is -0.118. The third kappa shape index (κ3) is 8.89. The molecule has 1 saturated heterocycles. The van der Waals surface area contributed by atoms with Crippen LogP contribution in [-0.4, -0.2) is 72.0 Å². The minimum Gasteiger partial charge on any atom is -0.397 e. The molecule has 9 heteroatoms. The van der Waals surface area contributed by atoms with Gasteiger partial charge in [0.15, 0.2) is 0 Å². The number of aliphatic hydroxyl groups excluding tert-OH is 1. The Kier molecular flexibility index (Phi) is 12.5. The number of aliphatic hydroxyl groups is 1. The summed E-state index contributed by atoms with van der Waals surface area (Å²) in [5.41, 5.74) is 6.71. The Bertz CT molecular complexity index is 1390. The molecular formula is C33H43N5O4. The van der Waals surface area contributed by atoms with E-state index in [9.17, 15) is 14.4 Å². The van der Waals surface area contributed by atoms with Gasteiger partial charge in [0.1, 0.15) is 0 Å². The number of H-pyrrole nitrogens is 1. The number of aryl methyl sites for hydroxylation is 1. The van der Waals surface area contributed by atoms with Gasteiger partial charge in [-0.2, -0.15) is 0 Å². The van der Waals surface area contributed by atoms with Crippen LogP contribution in [0.1, 0.15) is 60.8 Å². The van der Waals surface area contributed by atoms with E-state index in [0.29, 0.717) is 17.7 Å². The first-order chi connectivity index (χ1) is 20.3. The zero-order valence-corrected chi connectivity index (χ0v) is 25.0. The number of amides is 3. The maximum Gasteiger partial charge on any atom is 0.256 e. The molecule has 5 rings (SSSR count). The smallest absolute Gasteiger partial charge is 0.256 e. The molecule has 0 atom stereocenters. The fourth-order valence-corrected chi connectivity index (χ4v) is 4.90. The van der Waals surface area contributed by atoms with E-state index in [4.69, 9.17) is 5.11 Å². The molecular weight excluding hydrogens is 530 g/mol. The summed E-state index contributed by atoms with van der Waals surface area (Å²) >= 11 is 0. The quantitative estimate of drug-likeness (QED) is 0.267. The van der Waals surface area contributed by atoms with Gasteiger partial charge in [-0.3, -0.25) is 14.4 Å². The molecule has 3 amide bonds. The first-order valence-corrected chi connectivity index (χ1v) is 14.6. The number of hydrogen-bond acceptors (Lipinski definition) is 5. The summed E-state index contributed by atoms with van der Waals surface area (Å²) in [7, 11) is 0. The molecule has 2 aliphatic rings. The van der Waals surface area contributed by atoms with Crippen molar-refractivity contribution >= 4 is 35.1 Å². The van der Waals surface area contributed by atoms with Crippen LogP contribution in [0.15, 0.2) is 54.7 Å². The lowest BCUT2D eigenvalue weighted by atomic mass is 9.93. The number of carbonyl (C=O) groups excluding carboxylic acids is 3. The number of fused-ring (bicyclic) bond motifs is 1. The van der Waals surface area contributed by atoms with Crippen LogP contribution in [0.3, 0.4) is 0 Å². The van der Waals surface area contributed by atoms with Crippen molar-refractivity contribution in [2.24, 2.45) is 0 Å². The maximum atomic E-state index is 12.8. The van der Waals surface area contributed by atoms with Gasteiger partial charge in [-0.1, -0.05) is 24.3 Å². The molecule has 224 valence electrons. The first-order valence-electron chi connectivity index (χ1n) is 14.6. The van der Waals surface area contributed by atoms with E-state index in [0.717, 1.165) is 59.8 Å². The second-order valence-corrected chi connectivity index (χ2v) is 10.1. The summed E-state index contributed by atoms with van der Waals surface area (Å²) in [6, 6.07) is 15.4. The second kappa shape index (κ2) is 16.3. The van der Waals surface area contributed by atoms with Crippen molar-refractivity contribution in [2.45, 2.75) is 40.5 Å². The minimum absolute atomic E-state index is 0.0394. The van der Waals surface area contributed by atoms with Crippen LogP contribution < -0.4 is 16.0 Å². The predicted molar refractivity (Wildman–Crippen MR) is 169 cm³/mol. The Balaban J connectivity index is 0.000000473. The van der Waals surface area contributed by atoms with Gasteiger partial charge >= 0.3 is 0 Å². The van der Waals surface area contributed by atoms with Crippen LogP contribution in [0, 0.1) is 6.92 Å². The molecule has 3 heterocycles. The van der Waals surface area contributed by atoms with E-state index in [-0.39, 0.29) is 24.3 Å². The van der Waals surface area contributed by atoms with E-state index in [1.165, 1.54) is 19.8 Å². The molecule has 42 heavy (non-hydrogen) atoms. The Morgan fingerprint density at radius 3 is 2.38 bits per heavy atom.